The second-order valence-electron chi connectivity index (χ2n) is 8.14. The van der Waals surface area contributed by atoms with Gasteiger partial charge in [0.25, 0.3) is 15.9 Å². The molecule has 2 amide bonds. The zero-order valence-electron chi connectivity index (χ0n) is 18.2. The first kappa shape index (κ1) is 23.8. The lowest BCUT2D eigenvalue weighted by atomic mass is 10.0. The van der Waals surface area contributed by atoms with E-state index in [0.717, 1.165) is 18.4 Å². The van der Waals surface area contributed by atoms with Gasteiger partial charge in [0.2, 0.25) is 5.91 Å². The number of carbonyl (C=O) groups is 2. The van der Waals surface area contributed by atoms with E-state index in [4.69, 9.17) is 11.6 Å². The molecule has 0 saturated heterocycles. The van der Waals surface area contributed by atoms with Gasteiger partial charge in [0, 0.05) is 23.0 Å². The van der Waals surface area contributed by atoms with Crippen molar-refractivity contribution in [1.29, 1.82) is 0 Å². The van der Waals surface area contributed by atoms with E-state index < -0.39 is 22.0 Å². The van der Waals surface area contributed by atoms with Crippen LogP contribution >= 0.6 is 11.6 Å². The number of sulfonamides is 1. The van der Waals surface area contributed by atoms with Gasteiger partial charge < -0.3 is 10.6 Å². The van der Waals surface area contributed by atoms with Gasteiger partial charge in [-0.2, -0.15) is 0 Å². The van der Waals surface area contributed by atoms with Crippen LogP contribution in [0, 0.1) is 0 Å². The van der Waals surface area contributed by atoms with Crippen LogP contribution in [0.4, 0.5) is 5.69 Å². The van der Waals surface area contributed by atoms with Gasteiger partial charge in [-0.05, 0) is 54.8 Å². The second-order valence-corrected chi connectivity index (χ2v) is 10.3. The third-order valence-electron chi connectivity index (χ3n) is 5.31. The van der Waals surface area contributed by atoms with Gasteiger partial charge in [-0.15, -0.1) is 0 Å². The van der Waals surface area contributed by atoms with E-state index in [9.17, 15) is 18.0 Å². The molecule has 9 heteroatoms. The van der Waals surface area contributed by atoms with Crippen LogP contribution in [-0.2, 0) is 21.2 Å². The Morgan fingerprint density at radius 2 is 1.68 bits per heavy atom. The fourth-order valence-corrected chi connectivity index (χ4v) is 4.69. The fourth-order valence-electron chi connectivity index (χ4n) is 3.40. The molecule has 1 unspecified atom stereocenters. The van der Waals surface area contributed by atoms with Gasteiger partial charge in [0.1, 0.15) is 6.04 Å². The Morgan fingerprint density at radius 1 is 0.941 bits per heavy atom. The predicted molar refractivity (Wildman–Crippen MR) is 131 cm³/mol. The summed E-state index contributed by atoms with van der Waals surface area (Å²) in [5, 5.41) is 6.09. The van der Waals surface area contributed by atoms with Gasteiger partial charge in [0.05, 0.1) is 10.6 Å². The number of nitrogens with one attached hydrogen (secondary N) is 3. The quantitative estimate of drug-likeness (QED) is 0.418. The lowest BCUT2D eigenvalue weighted by molar-refractivity contribution is -0.123. The molecular weight excluding hydrogens is 474 g/mol. The number of rotatable bonds is 9. The van der Waals surface area contributed by atoms with Crippen molar-refractivity contribution in [2.75, 3.05) is 4.72 Å². The highest BCUT2D eigenvalue weighted by atomic mass is 35.5. The third-order valence-corrected chi connectivity index (χ3v) is 6.93. The molecule has 1 atom stereocenters. The summed E-state index contributed by atoms with van der Waals surface area (Å²) in [6.07, 6.45) is 2.17. The molecule has 0 bridgehead atoms. The molecule has 0 aliphatic heterocycles. The molecule has 34 heavy (non-hydrogen) atoms. The third kappa shape index (κ3) is 6.36. The Kier molecular flexibility index (Phi) is 7.19. The zero-order chi connectivity index (χ0) is 24.1. The van der Waals surface area contributed by atoms with Crippen molar-refractivity contribution in [2.24, 2.45) is 0 Å². The van der Waals surface area contributed by atoms with Crippen LogP contribution in [0.5, 0.6) is 0 Å². The van der Waals surface area contributed by atoms with E-state index in [1.54, 1.807) is 18.2 Å². The Labute approximate surface area is 203 Å². The average Bonchev–Trinajstić information content (AvgIpc) is 3.63. The van der Waals surface area contributed by atoms with Gasteiger partial charge in [-0.3, -0.25) is 14.3 Å². The molecule has 176 valence electrons. The molecule has 3 N–H and O–H groups in total. The average molecular weight is 498 g/mol. The van der Waals surface area contributed by atoms with Crippen molar-refractivity contribution in [3.63, 3.8) is 0 Å². The van der Waals surface area contributed by atoms with Crippen LogP contribution in [0.3, 0.4) is 0 Å². The molecule has 0 radical (unpaired) electrons. The molecule has 1 aliphatic carbocycles. The maximum absolute atomic E-state index is 13.0. The minimum absolute atomic E-state index is 0.0813. The van der Waals surface area contributed by atoms with Gasteiger partial charge in [-0.25, -0.2) is 8.42 Å². The zero-order valence-corrected chi connectivity index (χ0v) is 19.8. The molecule has 7 nitrogen and oxygen atoms in total. The summed E-state index contributed by atoms with van der Waals surface area (Å²) < 4.78 is 28.1. The summed E-state index contributed by atoms with van der Waals surface area (Å²) in [7, 11) is -3.96. The van der Waals surface area contributed by atoms with E-state index >= 15 is 0 Å². The minimum Gasteiger partial charge on any atom is -0.352 e. The molecular formula is C25H24ClN3O4S. The summed E-state index contributed by atoms with van der Waals surface area (Å²) >= 11 is 5.93. The van der Waals surface area contributed by atoms with E-state index in [0.29, 0.717) is 17.1 Å². The lowest BCUT2D eigenvalue weighted by Gasteiger charge is -2.19. The standard InChI is InChI=1S/C25H24ClN3O4S/c26-19-9-5-10-21(16-19)29-34(32,33)22-11-4-8-18(15-22)24(30)28-23(25(31)27-20-12-13-20)14-17-6-2-1-3-7-17/h1-11,15-16,20,23,29H,12-14H2,(H,27,31)(H,28,30). The highest BCUT2D eigenvalue weighted by Crippen LogP contribution is 2.21. The Bertz CT molecular complexity index is 1290. The maximum atomic E-state index is 13.0. The SMILES string of the molecule is O=C(NC(Cc1ccccc1)C(=O)NC1CC1)c1cccc(S(=O)(=O)Nc2cccc(Cl)c2)c1. The number of carbonyl (C=O) groups excluding carboxylic acids is 2. The van der Waals surface area contributed by atoms with E-state index in [1.165, 1.54) is 30.3 Å². The molecule has 1 fully saturated rings. The fraction of sp³-hybridized carbons (Fsp3) is 0.200. The Hall–Kier alpha value is -3.36. The van der Waals surface area contributed by atoms with Crippen LogP contribution in [0.1, 0.15) is 28.8 Å². The number of hydrogen-bond donors (Lipinski definition) is 3. The van der Waals surface area contributed by atoms with Gasteiger partial charge in [0.15, 0.2) is 0 Å². The number of halogens is 1. The first-order valence-corrected chi connectivity index (χ1v) is 12.7. The Balaban J connectivity index is 1.51. The molecule has 1 saturated carbocycles. The summed E-state index contributed by atoms with van der Waals surface area (Å²) in [5.41, 5.74) is 1.34. The first-order valence-electron chi connectivity index (χ1n) is 10.8. The predicted octanol–water partition coefficient (Wildman–Crippen LogP) is 3.76. The van der Waals surface area contributed by atoms with E-state index in [-0.39, 0.29) is 22.4 Å². The van der Waals surface area contributed by atoms with Crippen molar-refractivity contribution in [2.45, 2.75) is 36.2 Å². The van der Waals surface area contributed by atoms with Gasteiger partial charge in [-0.1, -0.05) is 54.1 Å². The van der Waals surface area contributed by atoms with Crippen molar-refractivity contribution in [3.05, 3.63) is 95.0 Å². The largest absolute Gasteiger partial charge is 0.352 e. The van der Waals surface area contributed by atoms with Crippen LogP contribution in [0.25, 0.3) is 0 Å². The van der Waals surface area contributed by atoms with Crippen LogP contribution < -0.4 is 15.4 Å². The summed E-state index contributed by atoms with van der Waals surface area (Å²) in [6.45, 7) is 0. The van der Waals surface area contributed by atoms with Gasteiger partial charge >= 0.3 is 0 Å². The molecule has 4 rings (SSSR count). The summed E-state index contributed by atoms with van der Waals surface area (Å²) in [4.78, 5) is 25.7. The molecule has 0 heterocycles. The molecule has 3 aromatic rings. The van der Waals surface area contributed by atoms with Crippen LogP contribution in [0.15, 0.2) is 83.8 Å². The number of amides is 2. The monoisotopic (exact) mass is 497 g/mol. The molecule has 0 spiro atoms. The molecule has 0 aromatic heterocycles. The van der Waals surface area contributed by atoms with Crippen LogP contribution in [0.2, 0.25) is 5.02 Å². The van der Waals surface area contributed by atoms with E-state index in [2.05, 4.69) is 15.4 Å². The number of anilines is 1. The smallest absolute Gasteiger partial charge is 0.261 e. The van der Waals surface area contributed by atoms with E-state index in [1.807, 2.05) is 30.3 Å². The summed E-state index contributed by atoms with van der Waals surface area (Å²) in [5.74, 6) is -0.794. The number of benzene rings is 3. The van der Waals surface area contributed by atoms with Crippen LogP contribution in [-0.4, -0.2) is 32.3 Å². The Morgan fingerprint density at radius 3 is 2.38 bits per heavy atom. The second kappa shape index (κ2) is 10.3. The molecule has 1 aliphatic rings. The maximum Gasteiger partial charge on any atom is 0.261 e. The highest BCUT2D eigenvalue weighted by molar-refractivity contribution is 7.92. The minimum atomic E-state index is -3.96. The first-order chi connectivity index (χ1) is 16.3. The normalized spacial score (nSPS) is 14.1. The van der Waals surface area contributed by atoms with Crippen molar-refractivity contribution in [3.8, 4) is 0 Å². The number of hydrogen-bond acceptors (Lipinski definition) is 4. The highest BCUT2D eigenvalue weighted by Gasteiger charge is 2.29. The van der Waals surface area contributed by atoms with Crippen molar-refractivity contribution < 1.29 is 18.0 Å². The van der Waals surface area contributed by atoms with Crippen molar-refractivity contribution in [1.82, 2.24) is 10.6 Å². The topological polar surface area (TPSA) is 104 Å². The molecule has 3 aromatic carbocycles. The summed E-state index contributed by atoms with van der Waals surface area (Å²) in [6, 6.07) is 20.7. The lowest BCUT2D eigenvalue weighted by Crippen LogP contribution is -2.48. The van der Waals surface area contributed by atoms with Crippen molar-refractivity contribution >= 4 is 39.1 Å².